The Morgan fingerprint density at radius 2 is 2.26 bits per heavy atom. The number of pyridine rings is 1. The lowest BCUT2D eigenvalue weighted by molar-refractivity contribution is -0.122. The Labute approximate surface area is 111 Å². The summed E-state index contributed by atoms with van der Waals surface area (Å²) in [4.78, 5) is 20.0. The van der Waals surface area contributed by atoms with Crippen molar-refractivity contribution in [1.29, 1.82) is 0 Å². The molecule has 19 heavy (non-hydrogen) atoms. The zero-order valence-electron chi connectivity index (χ0n) is 11.0. The Bertz CT molecular complexity index is 576. The monoisotopic (exact) mass is 259 g/mol. The minimum absolute atomic E-state index is 0.183. The number of nitrogens with two attached hydrogens (primary N) is 1. The minimum atomic E-state index is -0.518. The highest BCUT2D eigenvalue weighted by Gasteiger charge is 2.11. The molecule has 0 fully saturated rings. The van der Waals surface area contributed by atoms with E-state index in [9.17, 15) is 4.79 Å². The molecule has 0 bridgehead atoms. The Morgan fingerprint density at radius 1 is 1.47 bits per heavy atom. The highest BCUT2D eigenvalue weighted by molar-refractivity contribution is 5.80. The molecule has 1 amide bonds. The number of aryl methyl sites for hydroxylation is 1. The van der Waals surface area contributed by atoms with E-state index >= 15 is 0 Å². The van der Waals surface area contributed by atoms with Gasteiger partial charge >= 0.3 is 0 Å². The van der Waals surface area contributed by atoms with Crippen molar-refractivity contribution in [3.8, 4) is 5.82 Å². The summed E-state index contributed by atoms with van der Waals surface area (Å²) < 4.78 is 1.88. The van der Waals surface area contributed by atoms with E-state index in [1.54, 1.807) is 19.3 Å². The molecule has 100 valence electrons. The Hall–Kier alpha value is -2.21. The second kappa shape index (κ2) is 5.62. The fourth-order valence-corrected chi connectivity index (χ4v) is 1.73. The predicted octanol–water partition coefficient (Wildman–Crippen LogP) is 0.539. The van der Waals surface area contributed by atoms with Crippen LogP contribution in [0.15, 0.2) is 30.7 Å². The fraction of sp³-hybridized carbons (Fsp3) is 0.308. The van der Waals surface area contributed by atoms with E-state index in [0.717, 1.165) is 17.2 Å². The normalized spacial score (nSPS) is 12.2. The Kier molecular flexibility index (Phi) is 3.91. The van der Waals surface area contributed by atoms with Crippen LogP contribution >= 0.6 is 0 Å². The lowest BCUT2D eigenvalue weighted by atomic mass is 10.2. The Morgan fingerprint density at radius 3 is 2.89 bits per heavy atom. The van der Waals surface area contributed by atoms with Crippen molar-refractivity contribution in [2.45, 2.75) is 26.4 Å². The maximum absolute atomic E-state index is 11.5. The van der Waals surface area contributed by atoms with E-state index in [0.29, 0.717) is 6.54 Å². The molecule has 3 N–H and O–H groups in total. The third kappa shape index (κ3) is 2.97. The van der Waals surface area contributed by atoms with Crippen molar-refractivity contribution in [3.05, 3.63) is 42.1 Å². The molecule has 0 saturated carbocycles. The summed E-state index contributed by atoms with van der Waals surface area (Å²) in [6, 6.07) is 3.24. The largest absolute Gasteiger partial charge is 0.351 e. The minimum Gasteiger partial charge on any atom is -0.351 e. The summed E-state index contributed by atoms with van der Waals surface area (Å²) in [5.74, 6) is 1.43. The van der Waals surface area contributed by atoms with Crippen molar-refractivity contribution in [1.82, 2.24) is 19.9 Å². The SMILES string of the molecule is Cc1nccn1-c1ncccc1CNC(=O)[C@@H](C)N. The lowest BCUT2D eigenvalue weighted by Crippen LogP contribution is -2.38. The lowest BCUT2D eigenvalue weighted by Gasteiger charge is -2.12. The molecule has 0 spiro atoms. The van der Waals surface area contributed by atoms with Gasteiger partial charge in [0, 0.05) is 30.7 Å². The maximum atomic E-state index is 11.5. The van der Waals surface area contributed by atoms with E-state index < -0.39 is 6.04 Å². The molecule has 2 rings (SSSR count). The smallest absolute Gasteiger partial charge is 0.236 e. The molecule has 2 heterocycles. The van der Waals surface area contributed by atoms with Gasteiger partial charge in [-0.15, -0.1) is 0 Å². The number of nitrogens with one attached hydrogen (secondary N) is 1. The number of rotatable bonds is 4. The predicted molar refractivity (Wildman–Crippen MR) is 71.6 cm³/mol. The molecule has 0 aliphatic rings. The van der Waals surface area contributed by atoms with E-state index in [1.807, 2.05) is 29.8 Å². The van der Waals surface area contributed by atoms with E-state index in [2.05, 4.69) is 15.3 Å². The molecule has 2 aromatic heterocycles. The molecule has 0 unspecified atom stereocenters. The van der Waals surface area contributed by atoms with Gasteiger partial charge in [-0.1, -0.05) is 6.07 Å². The number of imidazole rings is 1. The van der Waals surface area contributed by atoms with Crippen molar-refractivity contribution in [3.63, 3.8) is 0 Å². The van der Waals surface area contributed by atoms with Crippen molar-refractivity contribution < 1.29 is 4.79 Å². The number of carbonyl (C=O) groups excluding carboxylic acids is 1. The maximum Gasteiger partial charge on any atom is 0.236 e. The number of carbonyl (C=O) groups is 1. The van der Waals surface area contributed by atoms with Gasteiger partial charge in [0.05, 0.1) is 6.04 Å². The Balaban J connectivity index is 2.23. The van der Waals surface area contributed by atoms with Crippen LogP contribution in [-0.4, -0.2) is 26.5 Å². The van der Waals surface area contributed by atoms with Crippen LogP contribution in [0.1, 0.15) is 18.3 Å². The summed E-state index contributed by atoms with van der Waals surface area (Å²) in [6.07, 6.45) is 5.27. The van der Waals surface area contributed by atoms with E-state index in [-0.39, 0.29) is 5.91 Å². The quantitative estimate of drug-likeness (QED) is 0.839. The summed E-state index contributed by atoms with van der Waals surface area (Å²) in [6.45, 7) is 3.94. The summed E-state index contributed by atoms with van der Waals surface area (Å²) in [5, 5.41) is 2.78. The van der Waals surface area contributed by atoms with E-state index in [1.165, 1.54) is 0 Å². The third-order valence-electron chi connectivity index (χ3n) is 2.79. The first-order valence-corrected chi connectivity index (χ1v) is 6.07. The van der Waals surface area contributed by atoms with Crippen molar-refractivity contribution in [2.75, 3.05) is 0 Å². The molecule has 1 atom stereocenters. The molecule has 6 heteroatoms. The molecule has 6 nitrogen and oxygen atoms in total. The molecule has 0 aliphatic heterocycles. The van der Waals surface area contributed by atoms with Crippen LogP contribution < -0.4 is 11.1 Å². The van der Waals surface area contributed by atoms with Gasteiger partial charge in [0.2, 0.25) is 5.91 Å². The van der Waals surface area contributed by atoms with Crippen molar-refractivity contribution >= 4 is 5.91 Å². The first kappa shape index (κ1) is 13.2. The van der Waals surface area contributed by atoms with Crippen LogP contribution in [0.5, 0.6) is 0 Å². The highest BCUT2D eigenvalue weighted by atomic mass is 16.2. The second-order valence-electron chi connectivity index (χ2n) is 4.34. The van der Waals surface area contributed by atoms with Crippen molar-refractivity contribution in [2.24, 2.45) is 5.73 Å². The number of amides is 1. The summed E-state index contributed by atoms with van der Waals surface area (Å²) in [5.41, 5.74) is 6.43. The highest BCUT2D eigenvalue weighted by Crippen LogP contribution is 2.12. The van der Waals surface area contributed by atoms with Crippen LogP contribution in [0.4, 0.5) is 0 Å². The molecular weight excluding hydrogens is 242 g/mol. The topological polar surface area (TPSA) is 85.8 Å². The van der Waals surface area contributed by atoms with Gasteiger partial charge in [0.15, 0.2) is 0 Å². The van der Waals surface area contributed by atoms with Crippen LogP contribution in [0.2, 0.25) is 0 Å². The standard InChI is InChI=1S/C13H17N5O/c1-9(14)13(19)17-8-11-4-3-5-16-12(11)18-7-6-15-10(18)2/h3-7,9H,8,14H2,1-2H3,(H,17,19)/t9-/m1/s1. The molecule has 0 saturated heterocycles. The third-order valence-corrected chi connectivity index (χ3v) is 2.79. The zero-order chi connectivity index (χ0) is 13.8. The van der Waals surface area contributed by atoms with Gasteiger partial charge in [0.1, 0.15) is 11.6 Å². The zero-order valence-corrected chi connectivity index (χ0v) is 11.0. The van der Waals surface area contributed by atoms with Gasteiger partial charge in [0.25, 0.3) is 0 Å². The molecule has 0 aliphatic carbocycles. The van der Waals surface area contributed by atoms with Gasteiger partial charge < -0.3 is 11.1 Å². The van der Waals surface area contributed by atoms with Crippen LogP contribution in [0, 0.1) is 6.92 Å². The second-order valence-corrected chi connectivity index (χ2v) is 4.34. The number of hydrogen-bond acceptors (Lipinski definition) is 4. The number of nitrogens with zero attached hydrogens (tertiary/aromatic N) is 3. The summed E-state index contributed by atoms with van der Waals surface area (Å²) >= 11 is 0. The van der Waals surface area contributed by atoms with Gasteiger partial charge in [-0.3, -0.25) is 9.36 Å². The van der Waals surface area contributed by atoms with Gasteiger partial charge in [-0.2, -0.15) is 0 Å². The first-order chi connectivity index (χ1) is 9.09. The van der Waals surface area contributed by atoms with Crippen LogP contribution in [-0.2, 0) is 11.3 Å². The van der Waals surface area contributed by atoms with E-state index in [4.69, 9.17) is 5.73 Å². The summed E-state index contributed by atoms with van der Waals surface area (Å²) in [7, 11) is 0. The first-order valence-electron chi connectivity index (χ1n) is 6.07. The number of hydrogen-bond donors (Lipinski definition) is 2. The molecule has 0 aromatic carbocycles. The van der Waals surface area contributed by atoms with Gasteiger partial charge in [-0.05, 0) is 19.9 Å². The van der Waals surface area contributed by atoms with Crippen LogP contribution in [0.25, 0.3) is 5.82 Å². The fourth-order valence-electron chi connectivity index (χ4n) is 1.73. The average Bonchev–Trinajstić information content (AvgIpc) is 2.82. The molecule has 0 radical (unpaired) electrons. The molecular formula is C13H17N5O. The average molecular weight is 259 g/mol. The number of aromatic nitrogens is 3. The molecule has 2 aromatic rings. The van der Waals surface area contributed by atoms with Crippen LogP contribution in [0.3, 0.4) is 0 Å². The van der Waals surface area contributed by atoms with Gasteiger partial charge in [-0.25, -0.2) is 9.97 Å².